The zero-order chi connectivity index (χ0) is 19.8. The highest BCUT2D eigenvalue weighted by Gasteiger charge is 2.47. The van der Waals surface area contributed by atoms with Gasteiger partial charge in [0.15, 0.2) is 0 Å². The van der Waals surface area contributed by atoms with Crippen molar-refractivity contribution in [2.45, 2.75) is 58.0 Å². The molecule has 0 bridgehead atoms. The number of rotatable bonds is 5. The number of fused-ring (bicyclic) bond motifs is 3. The van der Waals surface area contributed by atoms with Crippen LogP contribution < -0.4 is 10.1 Å². The summed E-state index contributed by atoms with van der Waals surface area (Å²) in [6.07, 6.45) is 4.20. The molecule has 27 heavy (non-hydrogen) atoms. The zero-order valence-electron chi connectivity index (χ0n) is 17.3. The normalized spacial score (nSPS) is 26.1. The molecule has 0 spiro atoms. The number of phenols is 1. The molecule has 5 heteroatoms. The third-order valence-corrected chi connectivity index (χ3v) is 6.24. The SMILES string of the molecule is C[C@@H]1CC[C@@H]2[C@@H](C1)c1c(ccc(C(=O)NCCCN(C)C)c1O)OC2(C)C. The van der Waals surface area contributed by atoms with Gasteiger partial charge in [0.25, 0.3) is 5.91 Å². The van der Waals surface area contributed by atoms with Gasteiger partial charge in [-0.25, -0.2) is 0 Å². The molecule has 3 rings (SSSR count). The molecule has 2 N–H and O–H groups in total. The molecule has 0 radical (unpaired) electrons. The Morgan fingerprint density at radius 2 is 2.07 bits per heavy atom. The molecule has 2 aliphatic rings. The Morgan fingerprint density at radius 3 is 2.78 bits per heavy atom. The smallest absolute Gasteiger partial charge is 0.255 e. The Bertz CT molecular complexity index is 699. The highest BCUT2D eigenvalue weighted by molar-refractivity contribution is 5.97. The van der Waals surface area contributed by atoms with Gasteiger partial charge in [-0.2, -0.15) is 0 Å². The summed E-state index contributed by atoms with van der Waals surface area (Å²) < 4.78 is 6.27. The van der Waals surface area contributed by atoms with Gasteiger partial charge in [-0.05, 0) is 77.7 Å². The van der Waals surface area contributed by atoms with Crippen LogP contribution in [0.2, 0.25) is 0 Å². The first-order chi connectivity index (χ1) is 12.7. The quantitative estimate of drug-likeness (QED) is 0.770. The number of nitrogens with zero attached hydrogens (tertiary/aromatic N) is 1. The van der Waals surface area contributed by atoms with Gasteiger partial charge in [-0.1, -0.05) is 13.3 Å². The number of hydrogen-bond donors (Lipinski definition) is 2. The molecule has 5 nitrogen and oxygen atoms in total. The molecule has 1 aromatic carbocycles. The van der Waals surface area contributed by atoms with Crippen molar-refractivity contribution in [2.75, 3.05) is 27.2 Å². The van der Waals surface area contributed by atoms with E-state index in [1.165, 1.54) is 6.42 Å². The molecule has 1 heterocycles. The van der Waals surface area contributed by atoms with Crippen LogP contribution in [0.1, 0.15) is 68.3 Å². The van der Waals surface area contributed by atoms with Gasteiger partial charge < -0.3 is 20.1 Å². The standard InChI is InChI=1S/C22H34N2O3/c1-14-7-9-17-16(13-14)19-18(27-22(17,2)3)10-8-15(20(19)25)21(26)23-11-6-12-24(4)5/h8,10,14,16-17,25H,6-7,9,11-13H2,1-5H3,(H,23,26)/t14-,16-,17-/m1/s1. The lowest BCUT2D eigenvalue weighted by molar-refractivity contribution is -0.0145. The number of amides is 1. The molecular formula is C22H34N2O3. The van der Waals surface area contributed by atoms with Crippen molar-refractivity contribution in [1.82, 2.24) is 10.2 Å². The third kappa shape index (κ3) is 4.08. The van der Waals surface area contributed by atoms with E-state index in [-0.39, 0.29) is 23.2 Å². The summed E-state index contributed by atoms with van der Waals surface area (Å²) >= 11 is 0. The van der Waals surface area contributed by atoms with Crippen LogP contribution in [-0.2, 0) is 0 Å². The highest BCUT2D eigenvalue weighted by Crippen LogP contribution is 2.55. The van der Waals surface area contributed by atoms with Crippen LogP contribution in [0.4, 0.5) is 0 Å². The van der Waals surface area contributed by atoms with Crippen molar-refractivity contribution < 1.29 is 14.6 Å². The van der Waals surface area contributed by atoms with Crippen molar-refractivity contribution >= 4 is 5.91 Å². The van der Waals surface area contributed by atoms with E-state index in [2.05, 4.69) is 31.0 Å². The van der Waals surface area contributed by atoms with Crippen LogP contribution >= 0.6 is 0 Å². The lowest BCUT2D eigenvalue weighted by atomic mass is 9.64. The van der Waals surface area contributed by atoms with E-state index >= 15 is 0 Å². The molecule has 1 aromatic rings. The number of nitrogens with one attached hydrogen (secondary N) is 1. The number of carbonyl (C=O) groups is 1. The van der Waals surface area contributed by atoms with Gasteiger partial charge in [-0.15, -0.1) is 0 Å². The molecule has 1 aliphatic heterocycles. The van der Waals surface area contributed by atoms with E-state index in [0.717, 1.165) is 37.1 Å². The minimum absolute atomic E-state index is 0.109. The molecule has 0 aromatic heterocycles. The lowest BCUT2D eigenvalue weighted by Crippen LogP contribution is -2.46. The summed E-state index contributed by atoms with van der Waals surface area (Å²) in [7, 11) is 4.03. The number of phenolic OH excluding ortho intramolecular Hbond substituents is 1. The van der Waals surface area contributed by atoms with Crippen LogP contribution in [0.5, 0.6) is 11.5 Å². The molecule has 0 unspecified atom stereocenters. The largest absolute Gasteiger partial charge is 0.507 e. The highest BCUT2D eigenvalue weighted by atomic mass is 16.5. The predicted molar refractivity (Wildman–Crippen MR) is 108 cm³/mol. The van der Waals surface area contributed by atoms with E-state index in [1.54, 1.807) is 6.07 Å². The Kier molecular flexibility index (Phi) is 5.71. The van der Waals surface area contributed by atoms with Crippen LogP contribution in [0.25, 0.3) is 0 Å². The van der Waals surface area contributed by atoms with Gasteiger partial charge in [0.2, 0.25) is 0 Å². The number of carbonyl (C=O) groups excluding carboxylic acids is 1. The number of hydrogen-bond acceptors (Lipinski definition) is 4. The number of aromatic hydroxyl groups is 1. The fourth-order valence-corrected chi connectivity index (χ4v) is 4.80. The van der Waals surface area contributed by atoms with Gasteiger partial charge in [0.1, 0.15) is 17.1 Å². The van der Waals surface area contributed by atoms with Crippen molar-refractivity contribution in [2.24, 2.45) is 11.8 Å². The molecule has 0 saturated heterocycles. The molecular weight excluding hydrogens is 340 g/mol. The van der Waals surface area contributed by atoms with Crippen LogP contribution in [0.3, 0.4) is 0 Å². The number of ether oxygens (including phenoxy) is 1. The zero-order valence-corrected chi connectivity index (χ0v) is 17.3. The second-order valence-electron chi connectivity index (χ2n) is 9.12. The van der Waals surface area contributed by atoms with Gasteiger partial charge in [0.05, 0.1) is 5.56 Å². The minimum atomic E-state index is -0.250. The lowest BCUT2D eigenvalue weighted by Gasteiger charge is -2.48. The van der Waals surface area contributed by atoms with E-state index in [0.29, 0.717) is 23.9 Å². The number of benzene rings is 1. The van der Waals surface area contributed by atoms with Gasteiger partial charge in [0, 0.05) is 18.0 Å². The van der Waals surface area contributed by atoms with Gasteiger partial charge >= 0.3 is 0 Å². The van der Waals surface area contributed by atoms with Crippen molar-refractivity contribution in [3.05, 3.63) is 23.3 Å². The van der Waals surface area contributed by atoms with E-state index in [4.69, 9.17) is 4.74 Å². The first-order valence-electron chi connectivity index (χ1n) is 10.2. The molecule has 1 aliphatic carbocycles. The molecule has 1 fully saturated rings. The Morgan fingerprint density at radius 1 is 1.33 bits per heavy atom. The fourth-order valence-electron chi connectivity index (χ4n) is 4.80. The van der Waals surface area contributed by atoms with Crippen molar-refractivity contribution in [1.29, 1.82) is 0 Å². The van der Waals surface area contributed by atoms with E-state index in [1.807, 2.05) is 20.2 Å². The fraction of sp³-hybridized carbons (Fsp3) is 0.682. The summed E-state index contributed by atoms with van der Waals surface area (Å²) in [6.45, 7) is 8.08. The summed E-state index contributed by atoms with van der Waals surface area (Å²) in [4.78, 5) is 14.7. The first kappa shape index (κ1) is 20.0. The summed E-state index contributed by atoms with van der Waals surface area (Å²) in [5.41, 5.74) is 0.950. The Balaban J connectivity index is 1.85. The minimum Gasteiger partial charge on any atom is -0.507 e. The second-order valence-corrected chi connectivity index (χ2v) is 9.12. The monoisotopic (exact) mass is 374 g/mol. The Hall–Kier alpha value is -1.75. The van der Waals surface area contributed by atoms with Crippen LogP contribution in [-0.4, -0.2) is 48.7 Å². The summed E-state index contributed by atoms with van der Waals surface area (Å²) in [5.74, 6) is 1.86. The average molecular weight is 375 g/mol. The topological polar surface area (TPSA) is 61.8 Å². The van der Waals surface area contributed by atoms with Gasteiger partial charge in [-0.3, -0.25) is 4.79 Å². The van der Waals surface area contributed by atoms with Crippen LogP contribution in [0, 0.1) is 11.8 Å². The second kappa shape index (κ2) is 7.70. The van der Waals surface area contributed by atoms with Crippen molar-refractivity contribution in [3.8, 4) is 11.5 Å². The third-order valence-electron chi connectivity index (χ3n) is 6.24. The first-order valence-corrected chi connectivity index (χ1v) is 10.2. The van der Waals surface area contributed by atoms with E-state index < -0.39 is 0 Å². The molecule has 3 atom stereocenters. The average Bonchev–Trinajstić information content (AvgIpc) is 2.57. The summed E-state index contributed by atoms with van der Waals surface area (Å²) in [5, 5.41) is 13.9. The molecule has 1 saturated carbocycles. The molecule has 1 amide bonds. The maximum Gasteiger partial charge on any atom is 0.255 e. The maximum absolute atomic E-state index is 12.6. The van der Waals surface area contributed by atoms with Crippen LogP contribution in [0.15, 0.2) is 12.1 Å². The van der Waals surface area contributed by atoms with Crippen molar-refractivity contribution in [3.63, 3.8) is 0 Å². The molecule has 150 valence electrons. The summed E-state index contributed by atoms with van der Waals surface area (Å²) in [6, 6.07) is 3.55. The maximum atomic E-state index is 12.6. The van der Waals surface area contributed by atoms with E-state index in [9.17, 15) is 9.90 Å². The predicted octanol–water partition coefficient (Wildman–Crippen LogP) is 3.76. The Labute approximate surface area is 163 Å².